The molecule has 0 fully saturated rings. The van der Waals surface area contributed by atoms with Crippen molar-refractivity contribution in [3.05, 3.63) is 65.2 Å². The highest BCUT2D eigenvalue weighted by molar-refractivity contribution is 6.04. The molecule has 0 aliphatic carbocycles. The number of carbonyl (C=O) groups is 3. The molecule has 146 valence electrons. The lowest BCUT2D eigenvalue weighted by atomic mass is 10.0. The molecule has 0 heterocycles. The minimum atomic E-state index is -0.748. The number of benzene rings is 2. The molecule has 0 aliphatic heterocycles. The molecule has 8 nitrogen and oxygen atoms in total. The van der Waals surface area contributed by atoms with Crippen molar-refractivity contribution >= 4 is 23.5 Å². The predicted octanol–water partition coefficient (Wildman–Crippen LogP) is 1.52. The second-order valence-electron chi connectivity index (χ2n) is 5.94. The first kappa shape index (κ1) is 20.6. The zero-order chi connectivity index (χ0) is 20.7. The highest BCUT2D eigenvalue weighted by Gasteiger charge is 2.18. The molecule has 0 unspecified atom stereocenters. The van der Waals surface area contributed by atoms with Gasteiger partial charge in [0, 0.05) is 16.7 Å². The number of hydrogen-bond donors (Lipinski definition) is 3. The van der Waals surface area contributed by atoms with Crippen LogP contribution in [-0.4, -0.2) is 43.3 Å². The molecule has 28 heavy (non-hydrogen) atoms. The number of nitrogens with one attached hydrogen (secondary N) is 2. The summed E-state index contributed by atoms with van der Waals surface area (Å²) in [6, 6.07) is 11.7. The van der Waals surface area contributed by atoms with Gasteiger partial charge in [-0.25, -0.2) is 4.79 Å². The average molecular weight is 383 g/mol. The van der Waals surface area contributed by atoms with Crippen LogP contribution >= 0.6 is 0 Å². The van der Waals surface area contributed by atoms with E-state index in [4.69, 9.17) is 15.9 Å². The van der Waals surface area contributed by atoms with Crippen LogP contribution in [0.4, 0.5) is 0 Å². The van der Waals surface area contributed by atoms with Crippen molar-refractivity contribution in [2.75, 3.05) is 13.7 Å². The fraction of sp³-hybridized carbons (Fsp3) is 0.200. The lowest BCUT2D eigenvalue weighted by molar-refractivity contribution is -0.142. The second-order valence-corrected chi connectivity index (χ2v) is 5.94. The Balaban J connectivity index is 1.96. The average Bonchev–Trinajstić information content (AvgIpc) is 2.71. The van der Waals surface area contributed by atoms with Crippen molar-refractivity contribution in [1.29, 1.82) is 5.41 Å². The molecule has 2 aromatic carbocycles. The highest BCUT2D eigenvalue weighted by Crippen LogP contribution is 2.14. The van der Waals surface area contributed by atoms with Crippen LogP contribution < -0.4 is 15.8 Å². The topological polar surface area (TPSA) is 132 Å². The van der Waals surface area contributed by atoms with Crippen LogP contribution in [0, 0.1) is 5.41 Å². The number of ketones is 1. The Morgan fingerprint density at radius 3 is 2.07 bits per heavy atom. The Morgan fingerprint density at radius 1 is 1.00 bits per heavy atom. The van der Waals surface area contributed by atoms with Gasteiger partial charge in [0.1, 0.15) is 11.6 Å². The largest absolute Gasteiger partial charge is 0.482 e. The third kappa shape index (κ3) is 5.41. The van der Waals surface area contributed by atoms with Crippen molar-refractivity contribution in [2.24, 2.45) is 5.73 Å². The number of amidine groups is 1. The van der Waals surface area contributed by atoms with Crippen molar-refractivity contribution in [3.63, 3.8) is 0 Å². The first-order valence-corrected chi connectivity index (χ1v) is 8.41. The zero-order valence-electron chi connectivity index (χ0n) is 15.5. The summed E-state index contributed by atoms with van der Waals surface area (Å²) in [5.74, 6) is -0.853. The van der Waals surface area contributed by atoms with Gasteiger partial charge in [0.25, 0.3) is 5.91 Å². The maximum absolute atomic E-state index is 12.5. The van der Waals surface area contributed by atoms with Crippen LogP contribution in [0.1, 0.15) is 33.2 Å². The molecule has 4 N–H and O–H groups in total. The standard InChI is InChI=1S/C20H21N3O5/c1-12(23-20(26)15-5-3-14(4-6-15)19(21)22)18(25)13-7-9-16(10-8-13)28-11-17(24)27-2/h3-10,12H,11H2,1-2H3,(H3,21,22)(H,23,26)/t12-/m0/s1. The van der Waals surface area contributed by atoms with Crippen LogP contribution in [0.3, 0.4) is 0 Å². The summed E-state index contributed by atoms with van der Waals surface area (Å²) in [6.07, 6.45) is 0. The lowest BCUT2D eigenvalue weighted by Gasteiger charge is -2.14. The van der Waals surface area contributed by atoms with E-state index in [9.17, 15) is 14.4 Å². The smallest absolute Gasteiger partial charge is 0.343 e. The molecule has 2 aromatic rings. The number of nitrogens with two attached hydrogens (primary N) is 1. The first-order chi connectivity index (χ1) is 13.3. The molecule has 0 aliphatic rings. The van der Waals surface area contributed by atoms with Crippen molar-refractivity contribution in [2.45, 2.75) is 13.0 Å². The van der Waals surface area contributed by atoms with Gasteiger partial charge in [-0.05, 0) is 43.3 Å². The monoisotopic (exact) mass is 383 g/mol. The molecule has 8 heteroatoms. The fourth-order valence-electron chi connectivity index (χ4n) is 2.31. The molecule has 0 saturated carbocycles. The number of rotatable bonds is 8. The summed E-state index contributed by atoms with van der Waals surface area (Å²) in [6.45, 7) is 1.37. The van der Waals surface area contributed by atoms with Crippen molar-refractivity contribution < 1.29 is 23.9 Å². The number of carbonyl (C=O) groups excluding carboxylic acids is 3. The van der Waals surface area contributed by atoms with Crippen LogP contribution in [0.2, 0.25) is 0 Å². The molecule has 0 radical (unpaired) electrons. The van der Waals surface area contributed by atoms with Gasteiger partial charge in [-0.2, -0.15) is 0 Å². The third-order valence-corrected chi connectivity index (χ3v) is 3.92. The van der Waals surface area contributed by atoms with E-state index in [0.29, 0.717) is 22.4 Å². The maximum Gasteiger partial charge on any atom is 0.343 e. The van der Waals surface area contributed by atoms with Crippen molar-refractivity contribution in [3.8, 4) is 5.75 Å². The molecule has 0 aromatic heterocycles. The minimum Gasteiger partial charge on any atom is -0.482 e. The number of amides is 1. The zero-order valence-corrected chi connectivity index (χ0v) is 15.5. The number of methoxy groups -OCH3 is 1. The van der Waals surface area contributed by atoms with E-state index in [0.717, 1.165) is 0 Å². The second kappa shape index (κ2) is 9.31. The van der Waals surface area contributed by atoms with E-state index in [1.807, 2.05) is 0 Å². The van der Waals surface area contributed by atoms with E-state index in [-0.39, 0.29) is 18.2 Å². The van der Waals surface area contributed by atoms with Gasteiger partial charge >= 0.3 is 5.97 Å². The number of esters is 1. The Bertz CT molecular complexity index is 876. The number of nitrogen functional groups attached to an aromatic ring is 1. The van der Waals surface area contributed by atoms with Gasteiger partial charge in [0.15, 0.2) is 12.4 Å². The van der Waals surface area contributed by atoms with Gasteiger partial charge in [0.05, 0.1) is 13.2 Å². The maximum atomic E-state index is 12.5. The van der Waals surface area contributed by atoms with Gasteiger partial charge in [0.2, 0.25) is 0 Å². The molecule has 1 atom stereocenters. The molecule has 1 amide bonds. The van der Waals surface area contributed by atoms with Gasteiger partial charge in [-0.15, -0.1) is 0 Å². The lowest BCUT2D eigenvalue weighted by Crippen LogP contribution is -2.38. The fourth-order valence-corrected chi connectivity index (χ4v) is 2.31. The predicted molar refractivity (Wildman–Crippen MR) is 103 cm³/mol. The molecular weight excluding hydrogens is 362 g/mol. The number of Topliss-reactive ketones (excluding diaryl/α,β-unsaturated/α-hetero) is 1. The van der Waals surface area contributed by atoms with Crippen LogP contribution in [0.25, 0.3) is 0 Å². The molecule has 0 saturated heterocycles. The Hall–Kier alpha value is -3.68. The molecule has 0 spiro atoms. The molecule has 2 rings (SSSR count). The highest BCUT2D eigenvalue weighted by atomic mass is 16.6. The quantitative estimate of drug-likeness (QED) is 0.274. The molecular formula is C20H21N3O5. The summed E-state index contributed by atoms with van der Waals surface area (Å²) >= 11 is 0. The van der Waals surface area contributed by atoms with Gasteiger partial charge in [-0.1, -0.05) is 12.1 Å². The minimum absolute atomic E-state index is 0.0884. The van der Waals surface area contributed by atoms with E-state index < -0.39 is 17.9 Å². The SMILES string of the molecule is COC(=O)COc1ccc(C(=O)[C@H](C)NC(=O)c2ccc(C(=N)N)cc2)cc1. The Labute approximate surface area is 162 Å². The van der Waals surface area contributed by atoms with E-state index >= 15 is 0 Å². The van der Waals surface area contributed by atoms with Crippen LogP contribution in [0.5, 0.6) is 5.75 Å². The summed E-state index contributed by atoms with van der Waals surface area (Å²) < 4.78 is 9.71. The summed E-state index contributed by atoms with van der Waals surface area (Å²) in [5.41, 5.74) is 6.64. The van der Waals surface area contributed by atoms with Gasteiger partial charge < -0.3 is 20.5 Å². The van der Waals surface area contributed by atoms with Crippen LogP contribution in [-0.2, 0) is 9.53 Å². The van der Waals surface area contributed by atoms with Gasteiger partial charge in [-0.3, -0.25) is 15.0 Å². The summed E-state index contributed by atoms with van der Waals surface area (Å²) in [5, 5.41) is 9.99. The first-order valence-electron chi connectivity index (χ1n) is 8.41. The number of hydrogen-bond acceptors (Lipinski definition) is 6. The normalized spacial score (nSPS) is 11.2. The van der Waals surface area contributed by atoms with Crippen LogP contribution in [0.15, 0.2) is 48.5 Å². The van der Waals surface area contributed by atoms with E-state index in [1.54, 1.807) is 43.3 Å². The summed E-state index contributed by atoms with van der Waals surface area (Å²) in [4.78, 5) is 35.9. The van der Waals surface area contributed by atoms with E-state index in [1.165, 1.54) is 19.2 Å². The van der Waals surface area contributed by atoms with Crippen molar-refractivity contribution in [1.82, 2.24) is 5.32 Å². The number of ether oxygens (including phenoxy) is 2. The Morgan fingerprint density at radius 2 is 1.54 bits per heavy atom. The molecule has 0 bridgehead atoms. The third-order valence-electron chi connectivity index (χ3n) is 3.92. The van der Waals surface area contributed by atoms with E-state index in [2.05, 4.69) is 10.1 Å². The Kier molecular flexibility index (Phi) is 6.86. The summed E-state index contributed by atoms with van der Waals surface area (Å²) in [7, 11) is 1.26.